The van der Waals surface area contributed by atoms with Crippen LogP contribution in [0.1, 0.15) is 42.6 Å². The van der Waals surface area contributed by atoms with Crippen molar-refractivity contribution in [2.75, 3.05) is 20.3 Å². The third-order valence-electron chi connectivity index (χ3n) is 5.75. The molecule has 0 aliphatic heterocycles. The normalized spacial score (nSPS) is 11.0. The van der Waals surface area contributed by atoms with Gasteiger partial charge < -0.3 is 14.2 Å². The van der Waals surface area contributed by atoms with Crippen molar-refractivity contribution in [2.24, 2.45) is 5.10 Å². The van der Waals surface area contributed by atoms with Crippen molar-refractivity contribution >= 4 is 23.0 Å². The Hall–Kier alpha value is -4.39. The molecule has 3 aromatic carbocycles. The summed E-state index contributed by atoms with van der Waals surface area (Å²) < 4.78 is 17.1. The number of benzene rings is 3. The molecule has 1 aromatic heterocycles. The lowest BCUT2D eigenvalue weighted by Gasteiger charge is -2.12. The number of nitrogens with zero attached hydrogens (tertiary/aromatic N) is 2. The van der Waals surface area contributed by atoms with Gasteiger partial charge >= 0.3 is 0 Å². The number of hydrogen-bond donors (Lipinski definition) is 1. The van der Waals surface area contributed by atoms with Crippen LogP contribution in [-0.4, -0.2) is 37.4 Å². The molecule has 4 rings (SSSR count). The molecule has 0 saturated heterocycles. The van der Waals surface area contributed by atoms with Crippen LogP contribution in [0.25, 0.3) is 22.2 Å². The predicted octanol–water partition coefficient (Wildman–Crippen LogP) is 6.25. The van der Waals surface area contributed by atoms with Crippen LogP contribution >= 0.6 is 0 Å². The van der Waals surface area contributed by atoms with E-state index in [0.717, 1.165) is 29.4 Å². The Labute approximate surface area is 217 Å². The molecular weight excluding hydrogens is 466 g/mol. The third kappa shape index (κ3) is 6.25. The van der Waals surface area contributed by atoms with Crippen LogP contribution in [0.2, 0.25) is 0 Å². The smallest absolute Gasteiger partial charge is 0.272 e. The molecule has 4 aromatic rings. The summed E-state index contributed by atoms with van der Waals surface area (Å²) in [5.74, 6) is 1.69. The van der Waals surface area contributed by atoms with Crippen LogP contribution in [0.4, 0.5) is 0 Å². The number of carbonyl (C=O) groups is 1. The summed E-state index contributed by atoms with van der Waals surface area (Å²) in [6, 6.07) is 22.5. The highest BCUT2D eigenvalue weighted by atomic mass is 16.5. The van der Waals surface area contributed by atoms with Crippen LogP contribution in [0, 0.1) is 0 Å². The fourth-order valence-electron chi connectivity index (χ4n) is 3.90. The summed E-state index contributed by atoms with van der Waals surface area (Å²) in [5, 5.41) is 4.94. The van der Waals surface area contributed by atoms with E-state index in [9.17, 15) is 4.79 Å². The number of pyridine rings is 1. The number of carbonyl (C=O) groups excluding carboxylic acids is 1. The molecule has 0 spiro atoms. The van der Waals surface area contributed by atoms with Gasteiger partial charge in [-0.2, -0.15) is 5.10 Å². The van der Waals surface area contributed by atoms with Gasteiger partial charge in [-0.3, -0.25) is 4.79 Å². The number of methoxy groups -OCH3 is 1. The summed E-state index contributed by atoms with van der Waals surface area (Å²) in [6.07, 6.45) is 3.62. The lowest BCUT2D eigenvalue weighted by Crippen LogP contribution is -2.18. The van der Waals surface area contributed by atoms with E-state index in [1.807, 2.05) is 73.7 Å². The topological polar surface area (TPSA) is 82.0 Å². The molecule has 1 N–H and O–H groups in total. The van der Waals surface area contributed by atoms with Crippen molar-refractivity contribution in [3.05, 3.63) is 83.9 Å². The van der Waals surface area contributed by atoms with Crippen LogP contribution < -0.4 is 19.6 Å². The molecule has 0 bridgehead atoms. The minimum absolute atomic E-state index is 0.337. The van der Waals surface area contributed by atoms with Crippen LogP contribution in [0.15, 0.2) is 77.9 Å². The summed E-state index contributed by atoms with van der Waals surface area (Å²) in [7, 11) is 1.61. The van der Waals surface area contributed by atoms with Gasteiger partial charge in [0.2, 0.25) is 0 Å². The first-order valence-corrected chi connectivity index (χ1v) is 12.4. The van der Waals surface area contributed by atoms with Gasteiger partial charge in [0.05, 0.1) is 43.3 Å². The Kier molecular flexibility index (Phi) is 8.70. The van der Waals surface area contributed by atoms with Gasteiger partial charge in [-0.15, -0.1) is 0 Å². The van der Waals surface area contributed by atoms with Crippen molar-refractivity contribution in [3.8, 4) is 28.5 Å². The first-order chi connectivity index (χ1) is 18.1. The SMILES string of the molecule is CCCCOc1ccc(/C=N\NC(=O)c2cc(-c3ccccc3OC)nc3ccccc23)cc1OCC. The molecule has 1 amide bonds. The molecule has 37 heavy (non-hydrogen) atoms. The molecule has 0 unspecified atom stereocenters. The number of fused-ring (bicyclic) bond motifs is 1. The molecule has 1 heterocycles. The third-order valence-corrected chi connectivity index (χ3v) is 5.75. The fourth-order valence-corrected chi connectivity index (χ4v) is 3.90. The van der Waals surface area contributed by atoms with E-state index in [2.05, 4.69) is 17.5 Å². The summed E-state index contributed by atoms with van der Waals surface area (Å²) in [6.45, 7) is 5.20. The monoisotopic (exact) mass is 497 g/mol. The van der Waals surface area contributed by atoms with E-state index in [1.165, 1.54) is 0 Å². The van der Waals surface area contributed by atoms with E-state index in [0.29, 0.717) is 47.2 Å². The second-order valence-corrected chi connectivity index (χ2v) is 8.31. The first kappa shape index (κ1) is 25.7. The zero-order chi connectivity index (χ0) is 26.0. The zero-order valence-corrected chi connectivity index (χ0v) is 21.4. The van der Waals surface area contributed by atoms with Gasteiger partial charge in [0.15, 0.2) is 11.5 Å². The summed E-state index contributed by atoms with van der Waals surface area (Å²) in [5.41, 5.74) is 6.06. The minimum Gasteiger partial charge on any atom is -0.496 e. The quantitative estimate of drug-likeness (QED) is 0.150. The molecule has 7 heteroatoms. The Bertz CT molecular complexity index is 1400. The van der Waals surface area contributed by atoms with Crippen molar-refractivity contribution in [1.82, 2.24) is 10.4 Å². The molecule has 0 fully saturated rings. The van der Waals surface area contributed by atoms with Gasteiger partial charge in [-0.05, 0) is 61.4 Å². The van der Waals surface area contributed by atoms with E-state index in [-0.39, 0.29) is 5.91 Å². The number of nitrogens with one attached hydrogen (secondary N) is 1. The number of unbranched alkanes of at least 4 members (excludes halogenated alkanes) is 1. The van der Waals surface area contributed by atoms with E-state index in [4.69, 9.17) is 19.2 Å². The van der Waals surface area contributed by atoms with E-state index < -0.39 is 0 Å². The number of amides is 1. The summed E-state index contributed by atoms with van der Waals surface area (Å²) >= 11 is 0. The van der Waals surface area contributed by atoms with Crippen molar-refractivity contribution in [2.45, 2.75) is 26.7 Å². The van der Waals surface area contributed by atoms with Gasteiger partial charge in [0, 0.05) is 10.9 Å². The number of aromatic nitrogens is 1. The van der Waals surface area contributed by atoms with Crippen molar-refractivity contribution in [1.29, 1.82) is 0 Å². The van der Waals surface area contributed by atoms with Crippen LogP contribution in [0.3, 0.4) is 0 Å². The molecular formula is C30H31N3O4. The molecule has 0 radical (unpaired) electrons. The number of para-hydroxylation sites is 2. The molecule has 0 saturated carbocycles. The highest BCUT2D eigenvalue weighted by molar-refractivity contribution is 6.07. The van der Waals surface area contributed by atoms with Gasteiger partial charge in [0.25, 0.3) is 5.91 Å². The Balaban J connectivity index is 1.58. The van der Waals surface area contributed by atoms with Crippen molar-refractivity contribution in [3.63, 3.8) is 0 Å². The highest BCUT2D eigenvalue weighted by Crippen LogP contribution is 2.31. The molecule has 0 atom stereocenters. The van der Waals surface area contributed by atoms with Gasteiger partial charge in [-0.25, -0.2) is 10.4 Å². The maximum atomic E-state index is 13.2. The maximum Gasteiger partial charge on any atom is 0.272 e. The molecule has 0 aliphatic carbocycles. The van der Waals surface area contributed by atoms with Crippen LogP contribution in [0.5, 0.6) is 17.2 Å². The predicted molar refractivity (Wildman–Crippen MR) is 147 cm³/mol. The Morgan fingerprint density at radius 1 is 0.946 bits per heavy atom. The lowest BCUT2D eigenvalue weighted by atomic mass is 10.0. The molecule has 0 aliphatic rings. The lowest BCUT2D eigenvalue weighted by molar-refractivity contribution is 0.0956. The largest absolute Gasteiger partial charge is 0.496 e. The molecule has 7 nitrogen and oxygen atoms in total. The Morgan fingerprint density at radius 2 is 1.76 bits per heavy atom. The standard InChI is InChI=1S/C30H31N3O4/c1-4-6-17-37-28-16-15-21(18-29(28)36-5-2)20-31-33-30(34)24-19-26(23-12-8-10-14-27(23)35-3)32-25-13-9-7-11-22(24)25/h7-16,18-20H,4-6,17H2,1-3H3,(H,33,34)/b31-20-. The Morgan fingerprint density at radius 3 is 2.57 bits per heavy atom. The number of hydrazone groups is 1. The zero-order valence-electron chi connectivity index (χ0n) is 21.4. The number of rotatable bonds is 11. The summed E-state index contributed by atoms with van der Waals surface area (Å²) in [4.78, 5) is 18.0. The van der Waals surface area contributed by atoms with Crippen LogP contribution in [-0.2, 0) is 0 Å². The van der Waals surface area contributed by atoms with Gasteiger partial charge in [-0.1, -0.05) is 43.7 Å². The van der Waals surface area contributed by atoms with Gasteiger partial charge in [0.1, 0.15) is 5.75 Å². The number of hydrogen-bond acceptors (Lipinski definition) is 6. The van der Waals surface area contributed by atoms with E-state index >= 15 is 0 Å². The second kappa shape index (κ2) is 12.5. The minimum atomic E-state index is -0.337. The van der Waals surface area contributed by atoms with Crippen molar-refractivity contribution < 1.29 is 19.0 Å². The molecule has 190 valence electrons. The maximum absolute atomic E-state index is 13.2. The average Bonchev–Trinajstić information content (AvgIpc) is 2.93. The number of ether oxygens (including phenoxy) is 3. The highest BCUT2D eigenvalue weighted by Gasteiger charge is 2.15. The average molecular weight is 498 g/mol. The fraction of sp³-hybridized carbons (Fsp3) is 0.233. The first-order valence-electron chi connectivity index (χ1n) is 12.4. The second-order valence-electron chi connectivity index (χ2n) is 8.31. The van der Waals surface area contributed by atoms with E-state index in [1.54, 1.807) is 19.4 Å².